The zero-order valence-corrected chi connectivity index (χ0v) is 10.6. The molecule has 0 atom stereocenters. The molecule has 0 aliphatic carbocycles. The third kappa shape index (κ3) is 3.41. The number of carbonyl (C=O) groups excluding carboxylic acids is 1. The molecule has 0 radical (unpaired) electrons. The van der Waals surface area contributed by atoms with E-state index in [-0.39, 0.29) is 5.91 Å². The van der Waals surface area contributed by atoms with E-state index in [1.165, 1.54) is 0 Å². The van der Waals surface area contributed by atoms with Crippen LogP contribution < -0.4 is 16.4 Å². The number of nitrogen functional groups attached to an aromatic ring is 1. The lowest BCUT2D eigenvalue weighted by atomic mass is 10.2. The van der Waals surface area contributed by atoms with Crippen LogP contribution in [0.15, 0.2) is 36.4 Å². The number of anilines is 2. The lowest BCUT2D eigenvalue weighted by molar-refractivity contribution is 0.0957. The first-order valence-electron chi connectivity index (χ1n) is 5.83. The molecule has 0 saturated heterocycles. The number of nitrogens with one attached hydrogen (secondary N) is 2. The maximum atomic E-state index is 11.3. The summed E-state index contributed by atoms with van der Waals surface area (Å²) in [5, 5.41) is 13.4. The Hall–Kier alpha value is -2.63. The van der Waals surface area contributed by atoms with Crippen molar-refractivity contribution in [2.24, 2.45) is 0 Å². The molecule has 4 N–H and O–H groups in total. The topological polar surface area (TPSA) is 92.9 Å². The Bertz CT molecular complexity index is 550. The third-order valence-corrected chi connectivity index (χ3v) is 2.58. The van der Waals surface area contributed by atoms with E-state index in [9.17, 15) is 4.79 Å². The zero-order chi connectivity index (χ0) is 13.7. The van der Waals surface area contributed by atoms with Crippen molar-refractivity contribution in [3.8, 4) is 0 Å². The highest BCUT2D eigenvalue weighted by molar-refractivity contribution is 5.91. The van der Waals surface area contributed by atoms with Gasteiger partial charge in [-0.1, -0.05) is 12.1 Å². The Balaban J connectivity index is 1.96. The van der Waals surface area contributed by atoms with Gasteiger partial charge in [-0.2, -0.15) is 0 Å². The van der Waals surface area contributed by atoms with Crippen molar-refractivity contribution >= 4 is 17.4 Å². The van der Waals surface area contributed by atoms with E-state index in [1.807, 2.05) is 24.3 Å². The number of benzene rings is 1. The molecule has 19 heavy (non-hydrogen) atoms. The van der Waals surface area contributed by atoms with Crippen LogP contribution >= 0.6 is 0 Å². The summed E-state index contributed by atoms with van der Waals surface area (Å²) < 4.78 is 0. The molecule has 0 aliphatic heterocycles. The molecular formula is C13H15N5O. The van der Waals surface area contributed by atoms with Crippen molar-refractivity contribution in [2.75, 3.05) is 18.1 Å². The van der Waals surface area contributed by atoms with Crippen LogP contribution in [0.25, 0.3) is 0 Å². The minimum absolute atomic E-state index is 0.252. The summed E-state index contributed by atoms with van der Waals surface area (Å²) in [5.74, 6) is 0.363. The van der Waals surface area contributed by atoms with Gasteiger partial charge in [0.05, 0.1) is 0 Å². The Morgan fingerprint density at radius 3 is 2.47 bits per heavy atom. The fraction of sp³-hybridized carbons (Fsp3) is 0.154. The van der Waals surface area contributed by atoms with Crippen molar-refractivity contribution < 1.29 is 4.79 Å². The van der Waals surface area contributed by atoms with E-state index in [2.05, 4.69) is 20.8 Å². The van der Waals surface area contributed by atoms with Crippen LogP contribution in [-0.4, -0.2) is 23.2 Å². The zero-order valence-electron chi connectivity index (χ0n) is 10.6. The quantitative estimate of drug-likeness (QED) is 0.711. The first-order valence-corrected chi connectivity index (χ1v) is 5.83. The van der Waals surface area contributed by atoms with Crippen molar-refractivity contribution in [2.45, 2.75) is 6.54 Å². The number of rotatable bonds is 4. The molecule has 1 amide bonds. The minimum atomic E-state index is -0.252. The van der Waals surface area contributed by atoms with Crippen LogP contribution in [0.4, 0.5) is 11.5 Å². The summed E-state index contributed by atoms with van der Waals surface area (Å²) in [6, 6.07) is 10.9. The number of amides is 1. The van der Waals surface area contributed by atoms with Gasteiger partial charge >= 0.3 is 0 Å². The van der Waals surface area contributed by atoms with Crippen molar-refractivity contribution in [3.05, 3.63) is 47.7 Å². The molecule has 98 valence electrons. The standard InChI is InChI=1S/C13H15N5O/c1-15-13(19)11-6-7-12(18-17-11)16-8-9-2-4-10(14)5-3-9/h2-7H,8,14H2,1H3,(H,15,19)(H,16,18). The molecule has 1 aromatic heterocycles. The van der Waals surface area contributed by atoms with Gasteiger partial charge in [-0.3, -0.25) is 4.79 Å². The van der Waals surface area contributed by atoms with Crippen LogP contribution in [0.1, 0.15) is 16.1 Å². The van der Waals surface area contributed by atoms with Crippen LogP contribution in [0.3, 0.4) is 0 Å². The first-order chi connectivity index (χ1) is 9.19. The smallest absolute Gasteiger partial charge is 0.271 e. The Labute approximate surface area is 111 Å². The summed E-state index contributed by atoms with van der Waals surface area (Å²) >= 11 is 0. The van der Waals surface area contributed by atoms with Crippen LogP contribution in [-0.2, 0) is 6.54 Å². The summed E-state index contributed by atoms with van der Waals surface area (Å²) in [4.78, 5) is 11.3. The van der Waals surface area contributed by atoms with Crippen LogP contribution in [0, 0.1) is 0 Å². The highest BCUT2D eigenvalue weighted by Gasteiger charge is 2.05. The van der Waals surface area contributed by atoms with E-state index >= 15 is 0 Å². The molecule has 0 saturated carbocycles. The third-order valence-electron chi connectivity index (χ3n) is 2.58. The number of aromatic nitrogens is 2. The van der Waals surface area contributed by atoms with Crippen molar-refractivity contribution in [1.82, 2.24) is 15.5 Å². The highest BCUT2D eigenvalue weighted by Crippen LogP contribution is 2.08. The fourth-order valence-electron chi connectivity index (χ4n) is 1.50. The average Bonchev–Trinajstić information content (AvgIpc) is 2.46. The maximum Gasteiger partial charge on any atom is 0.271 e. The van der Waals surface area contributed by atoms with E-state index in [1.54, 1.807) is 19.2 Å². The van der Waals surface area contributed by atoms with E-state index in [0.717, 1.165) is 11.3 Å². The van der Waals surface area contributed by atoms with E-state index in [4.69, 9.17) is 5.73 Å². The average molecular weight is 257 g/mol. The van der Waals surface area contributed by atoms with Gasteiger partial charge in [-0.15, -0.1) is 10.2 Å². The predicted molar refractivity (Wildman–Crippen MR) is 73.6 cm³/mol. The minimum Gasteiger partial charge on any atom is -0.399 e. The van der Waals surface area contributed by atoms with Gasteiger partial charge in [0.1, 0.15) is 5.82 Å². The van der Waals surface area contributed by atoms with Crippen molar-refractivity contribution in [3.63, 3.8) is 0 Å². The number of nitrogens with zero attached hydrogens (tertiary/aromatic N) is 2. The molecule has 6 nitrogen and oxygen atoms in total. The SMILES string of the molecule is CNC(=O)c1ccc(NCc2ccc(N)cc2)nn1. The summed E-state index contributed by atoms with van der Waals surface area (Å²) in [7, 11) is 1.55. The fourth-order valence-corrected chi connectivity index (χ4v) is 1.50. The molecular weight excluding hydrogens is 242 g/mol. The van der Waals surface area contributed by atoms with Gasteiger partial charge in [0.15, 0.2) is 5.69 Å². The van der Waals surface area contributed by atoms with E-state index < -0.39 is 0 Å². The Morgan fingerprint density at radius 2 is 1.89 bits per heavy atom. The largest absolute Gasteiger partial charge is 0.399 e. The summed E-state index contributed by atoms with van der Waals surface area (Å²) in [6.07, 6.45) is 0. The van der Waals surface area contributed by atoms with Gasteiger partial charge in [0, 0.05) is 19.3 Å². The Kier molecular flexibility index (Phi) is 3.92. The summed E-state index contributed by atoms with van der Waals surface area (Å²) in [6.45, 7) is 0.619. The number of hydrogen-bond acceptors (Lipinski definition) is 5. The second-order valence-electron chi connectivity index (χ2n) is 3.98. The molecule has 6 heteroatoms. The van der Waals surface area contributed by atoms with Gasteiger partial charge < -0.3 is 16.4 Å². The maximum absolute atomic E-state index is 11.3. The van der Waals surface area contributed by atoms with Gasteiger partial charge in [-0.05, 0) is 29.8 Å². The monoisotopic (exact) mass is 257 g/mol. The number of carbonyl (C=O) groups is 1. The first kappa shape index (κ1) is 12.8. The molecule has 0 fully saturated rings. The van der Waals surface area contributed by atoms with Gasteiger partial charge in [0.25, 0.3) is 5.91 Å². The molecule has 1 heterocycles. The number of hydrogen-bond donors (Lipinski definition) is 3. The predicted octanol–water partition coefficient (Wildman–Crippen LogP) is 1.03. The molecule has 2 rings (SSSR count). The highest BCUT2D eigenvalue weighted by atomic mass is 16.1. The van der Waals surface area contributed by atoms with Crippen LogP contribution in [0.2, 0.25) is 0 Å². The van der Waals surface area contributed by atoms with Crippen LogP contribution in [0.5, 0.6) is 0 Å². The Morgan fingerprint density at radius 1 is 1.16 bits per heavy atom. The second kappa shape index (κ2) is 5.81. The molecule has 1 aromatic carbocycles. The lowest BCUT2D eigenvalue weighted by Crippen LogP contribution is -2.19. The molecule has 0 spiro atoms. The molecule has 0 aliphatic rings. The molecule has 0 bridgehead atoms. The van der Waals surface area contributed by atoms with Crippen molar-refractivity contribution in [1.29, 1.82) is 0 Å². The molecule has 2 aromatic rings. The lowest BCUT2D eigenvalue weighted by Gasteiger charge is -2.05. The van der Waals surface area contributed by atoms with Gasteiger partial charge in [0.2, 0.25) is 0 Å². The normalized spacial score (nSPS) is 9.95. The van der Waals surface area contributed by atoms with E-state index in [0.29, 0.717) is 18.1 Å². The second-order valence-corrected chi connectivity index (χ2v) is 3.98. The number of nitrogens with two attached hydrogens (primary N) is 1. The molecule has 0 unspecified atom stereocenters. The van der Waals surface area contributed by atoms with Gasteiger partial charge in [-0.25, -0.2) is 0 Å². The summed E-state index contributed by atoms with van der Waals surface area (Å²) in [5.41, 5.74) is 7.73.